The molecule has 2 rings (SSSR count). The average molecular weight is 376 g/mol. The molecule has 0 unspecified atom stereocenters. The maximum atomic E-state index is 12.6. The normalized spacial score (nSPS) is 10.7. The summed E-state index contributed by atoms with van der Waals surface area (Å²) >= 11 is 6.32. The molecule has 0 aromatic heterocycles. The molecule has 0 fully saturated rings. The van der Waals surface area contributed by atoms with Gasteiger partial charge in [0.15, 0.2) is 11.5 Å². The van der Waals surface area contributed by atoms with Crippen molar-refractivity contribution in [3.8, 4) is 11.5 Å². The molecule has 140 valence electrons. The van der Waals surface area contributed by atoms with E-state index in [-0.39, 0.29) is 5.91 Å². The van der Waals surface area contributed by atoms with E-state index in [9.17, 15) is 4.79 Å². The van der Waals surface area contributed by atoms with Crippen LogP contribution < -0.4 is 14.8 Å². The summed E-state index contributed by atoms with van der Waals surface area (Å²) in [5.41, 5.74) is 2.39. The van der Waals surface area contributed by atoms with Crippen LogP contribution in [0, 0.1) is 0 Å². The lowest BCUT2D eigenvalue weighted by Crippen LogP contribution is -2.13. The number of nitrogens with one attached hydrogen (secondary N) is 1. The van der Waals surface area contributed by atoms with Crippen molar-refractivity contribution in [2.24, 2.45) is 0 Å². The van der Waals surface area contributed by atoms with Crippen LogP contribution in [0.4, 0.5) is 5.69 Å². The monoisotopic (exact) mass is 375 g/mol. The minimum Gasteiger partial charge on any atom is -0.490 e. The topological polar surface area (TPSA) is 47.6 Å². The lowest BCUT2D eigenvalue weighted by molar-refractivity contribution is 0.102. The van der Waals surface area contributed by atoms with E-state index in [2.05, 4.69) is 19.2 Å². The van der Waals surface area contributed by atoms with Crippen LogP contribution in [0.2, 0.25) is 5.02 Å². The van der Waals surface area contributed by atoms with Gasteiger partial charge in [0, 0.05) is 11.3 Å². The van der Waals surface area contributed by atoms with Gasteiger partial charge in [0.25, 0.3) is 5.91 Å². The van der Waals surface area contributed by atoms with Crippen molar-refractivity contribution >= 4 is 23.2 Å². The highest BCUT2D eigenvalue weighted by atomic mass is 35.5. The predicted molar refractivity (Wildman–Crippen MR) is 107 cm³/mol. The van der Waals surface area contributed by atoms with Gasteiger partial charge in [0.1, 0.15) is 0 Å². The Labute approximate surface area is 160 Å². The number of ether oxygens (including phenoxy) is 2. The second-order valence-corrected chi connectivity index (χ2v) is 6.70. The lowest BCUT2D eigenvalue weighted by Gasteiger charge is -2.15. The molecule has 5 heteroatoms. The number of anilines is 1. The third-order valence-corrected chi connectivity index (χ3v) is 4.14. The van der Waals surface area contributed by atoms with Crippen molar-refractivity contribution in [2.75, 3.05) is 18.5 Å². The van der Waals surface area contributed by atoms with Crippen molar-refractivity contribution in [2.45, 2.75) is 40.0 Å². The summed E-state index contributed by atoms with van der Waals surface area (Å²) in [5, 5.41) is 3.26. The fraction of sp³-hybridized carbons (Fsp3) is 0.381. The molecule has 26 heavy (non-hydrogen) atoms. The second kappa shape index (κ2) is 9.48. The minimum absolute atomic E-state index is 0.243. The third-order valence-electron chi connectivity index (χ3n) is 3.86. The second-order valence-electron chi connectivity index (χ2n) is 6.30. The molecule has 0 bridgehead atoms. The number of hydrogen-bond acceptors (Lipinski definition) is 3. The van der Waals surface area contributed by atoms with Crippen LogP contribution in [0.5, 0.6) is 11.5 Å². The van der Waals surface area contributed by atoms with Crippen molar-refractivity contribution in [3.05, 3.63) is 52.5 Å². The predicted octanol–water partition coefficient (Wildman–Crippen LogP) is 5.90. The third kappa shape index (κ3) is 5.15. The summed E-state index contributed by atoms with van der Waals surface area (Å²) in [4.78, 5) is 12.6. The van der Waals surface area contributed by atoms with Gasteiger partial charge in [-0.3, -0.25) is 4.79 Å². The number of carbonyl (C=O) groups is 1. The molecule has 0 aliphatic heterocycles. The molecule has 1 amide bonds. The number of halogens is 1. The summed E-state index contributed by atoms with van der Waals surface area (Å²) in [6, 6.07) is 11.1. The van der Waals surface area contributed by atoms with E-state index in [1.807, 2.05) is 38.1 Å². The average Bonchev–Trinajstić information content (AvgIpc) is 2.61. The lowest BCUT2D eigenvalue weighted by atomic mass is 10.0. The molecule has 0 saturated carbocycles. The molecule has 2 aromatic rings. The van der Waals surface area contributed by atoms with E-state index in [0.29, 0.717) is 41.2 Å². The smallest absolute Gasteiger partial charge is 0.255 e. The fourth-order valence-electron chi connectivity index (χ4n) is 2.46. The summed E-state index contributed by atoms with van der Waals surface area (Å²) in [7, 11) is 0. The molecule has 0 spiro atoms. The van der Waals surface area contributed by atoms with Crippen LogP contribution in [0.15, 0.2) is 36.4 Å². The number of hydrogen-bond donors (Lipinski definition) is 1. The molecule has 1 N–H and O–H groups in total. The fourth-order valence-corrected chi connectivity index (χ4v) is 2.73. The molecule has 0 aliphatic carbocycles. The summed E-state index contributed by atoms with van der Waals surface area (Å²) < 4.78 is 11.3. The van der Waals surface area contributed by atoms with Crippen LogP contribution in [0.25, 0.3) is 0 Å². The Hall–Kier alpha value is -2.20. The number of rotatable bonds is 8. The molecule has 0 atom stereocenters. The Morgan fingerprint density at radius 1 is 1.12 bits per heavy atom. The van der Waals surface area contributed by atoms with Crippen LogP contribution in [0.1, 0.15) is 56.0 Å². The zero-order valence-corrected chi connectivity index (χ0v) is 16.5. The maximum Gasteiger partial charge on any atom is 0.255 e. The molecule has 0 heterocycles. The zero-order valence-electron chi connectivity index (χ0n) is 15.8. The zero-order chi connectivity index (χ0) is 19.1. The molecule has 0 radical (unpaired) electrons. The summed E-state index contributed by atoms with van der Waals surface area (Å²) in [6.07, 6.45) is 0.858. The van der Waals surface area contributed by atoms with E-state index in [1.165, 1.54) is 5.56 Å². The molecule has 0 saturated heterocycles. The standard InChI is InChI=1S/C21H26ClNO3/c1-5-11-26-20-18(22)12-16(13-19(20)25-6-2)21(24)23-17-9-7-15(8-10-17)14(3)4/h7-10,12-14H,5-6,11H2,1-4H3,(H,23,24). The van der Waals surface area contributed by atoms with Gasteiger partial charge in [-0.15, -0.1) is 0 Å². The van der Waals surface area contributed by atoms with Gasteiger partial charge in [-0.1, -0.05) is 44.5 Å². The van der Waals surface area contributed by atoms with Crippen molar-refractivity contribution in [1.82, 2.24) is 0 Å². The highest BCUT2D eigenvalue weighted by Gasteiger charge is 2.16. The first kappa shape index (κ1) is 20.1. The summed E-state index contributed by atoms with van der Waals surface area (Å²) in [6.45, 7) is 9.15. The van der Waals surface area contributed by atoms with Gasteiger partial charge in [0.05, 0.1) is 18.2 Å². The number of benzene rings is 2. The van der Waals surface area contributed by atoms with E-state index in [1.54, 1.807) is 12.1 Å². The highest BCUT2D eigenvalue weighted by Crippen LogP contribution is 2.37. The Balaban J connectivity index is 2.22. The van der Waals surface area contributed by atoms with Crippen molar-refractivity contribution < 1.29 is 14.3 Å². The first-order valence-corrected chi connectivity index (χ1v) is 9.34. The molecule has 2 aromatic carbocycles. The van der Waals surface area contributed by atoms with Crippen molar-refractivity contribution in [3.63, 3.8) is 0 Å². The van der Waals surface area contributed by atoms with Gasteiger partial charge in [0.2, 0.25) is 0 Å². The van der Waals surface area contributed by atoms with Gasteiger partial charge in [-0.2, -0.15) is 0 Å². The Bertz CT molecular complexity index is 742. The van der Waals surface area contributed by atoms with E-state index in [4.69, 9.17) is 21.1 Å². The van der Waals surface area contributed by atoms with E-state index < -0.39 is 0 Å². The molecule has 4 nitrogen and oxygen atoms in total. The Morgan fingerprint density at radius 2 is 1.81 bits per heavy atom. The van der Waals surface area contributed by atoms with E-state index in [0.717, 1.165) is 12.1 Å². The molecular weight excluding hydrogens is 350 g/mol. The maximum absolute atomic E-state index is 12.6. The van der Waals surface area contributed by atoms with Gasteiger partial charge < -0.3 is 14.8 Å². The van der Waals surface area contributed by atoms with Crippen LogP contribution in [-0.4, -0.2) is 19.1 Å². The van der Waals surface area contributed by atoms with Gasteiger partial charge in [-0.25, -0.2) is 0 Å². The van der Waals surface area contributed by atoms with Gasteiger partial charge in [-0.05, 0) is 49.1 Å². The van der Waals surface area contributed by atoms with E-state index >= 15 is 0 Å². The number of carbonyl (C=O) groups excluding carboxylic acids is 1. The van der Waals surface area contributed by atoms with Crippen LogP contribution in [0.3, 0.4) is 0 Å². The summed E-state index contributed by atoms with van der Waals surface area (Å²) in [5.74, 6) is 1.16. The van der Waals surface area contributed by atoms with Gasteiger partial charge >= 0.3 is 0 Å². The first-order chi connectivity index (χ1) is 12.5. The minimum atomic E-state index is -0.243. The Morgan fingerprint density at radius 3 is 2.38 bits per heavy atom. The molecular formula is C21H26ClNO3. The SMILES string of the molecule is CCCOc1c(Cl)cc(C(=O)Nc2ccc(C(C)C)cc2)cc1OCC. The first-order valence-electron chi connectivity index (χ1n) is 8.96. The van der Waals surface area contributed by atoms with Crippen LogP contribution in [-0.2, 0) is 0 Å². The van der Waals surface area contributed by atoms with Crippen molar-refractivity contribution in [1.29, 1.82) is 0 Å². The Kier molecular flexibility index (Phi) is 7.34. The molecule has 0 aliphatic rings. The quantitative estimate of drug-likeness (QED) is 0.624. The highest BCUT2D eigenvalue weighted by molar-refractivity contribution is 6.32. The number of amides is 1. The largest absolute Gasteiger partial charge is 0.490 e. The van der Waals surface area contributed by atoms with Crippen LogP contribution >= 0.6 is 11.6 Å².